The zero-order valence-corrected chi connectivity index (χ0v) is 11.9. The average molecular weight is 245 g/mol. The smallest absolute Gasteiger partial charge is 0.0233 e. The Kier molecular flexibility index (Phi) is 5.25. The van der Waals surface area contributed by atoms with E-state index in [4.69, 9.17) is 0 Å². The van der Waals surface area contributed by atoms with Crippen LogP contribution in [0.4, 0.5) is 0 Å². The summed E-state index contributed by atoms with van der Waals surface area (Å²) in [6.45, 7) is 8.43. The first-order valence-electron chi connectivity index (χ1n) is 7.54. The summed E-state index contributed by atoms with van der Waals surface area (Å²) in [4.78, 5) is 2.61. The molecule has 2 rings (SSSR count). The number of benzene rings is 1. The van der Waals surface area contributed by atoms with E-state index in [0.717, 1.165) is 18.4 Å². The van der Waals surface area contributed by atoms with Gasteiger partial charge in [-0.2, -0.15) is 0 Å². The number of hydrogen-bond acceptors (Lipinski definition) is 1. The normalized spacial score (nSPS) is 19.9. The molecule has 100 valence electrons. The van der Waals surface area contributed by atoms with E-state index in [-0.39, 0.29) is 0 Å². The molecule has 0 spiro atoms. The standard InChI is InChI=1S/C17H27N/c1-3-15(2)13-16-9-11-18(12-10-16)14-17-7-5-4-6-8-17/h4-8,15-16H,3,9-14H2,1-2H3. The number of rotatable bonds is 5. The molecule has 0 bridgehead atoms. The molecule has 0 radical (unpaired) electrons. The van der Waals surface area contributed by atoms with Gasteiger partial charge < -0.3 is 0 Å². The van der Waals surface area contributed by atoms with Crippen LogP contribution in [0.2, 0.25) is 0 Å². The monoisotopic (exact) mass is 245 g/mol. The van der Waals surface area contributed by atoms with Gasteiger partial charge in [-0.3, -0.25) is 4.90 Å². The van der Waals surface area contributed by atoms with Gasteiger partial charge in [0.1, 0.15) is 0 Å². The number of hydrogen-bond donors (Lipinski definition) is 0. The van der Waals surface area contributed by atoms with Crippen molar-refractivity contribution in [2.45, 2.75) is 46.1 Å². The van der Waals surface area contributed by atoms with Crippen LogP contribution in [0.5, 0.6) is 0 Å². The van der Waals surface area contributed by atoms with Crippen molar-refractivity contribution < 1.29 is 0 Å². The van der Waals surface area contributed by atoms with Gasteiger partial charge in [0.2, 0.25) is 0 Å². The van der Waals surface area contributed by atoms with Crippen LogP contribution in [0, 0.1) is 11.8 Å². The van der Waals surface area contributed by atoms with E-state index >= 15 is 0 Å². The highest BCUT2D eigenvalue weighted by Crippen LogP contribution is 2.26. The Hall–Kier alpha value is -0.820. The van der Waals surface area contributed by atoms with Crippen molar-refractivity contribution in [2.75, 3.05) is 13.1 Å². The Balaban J connectivity index is 1.73. The van der Waals surface area contributed by atoms with Gasteiger partial charge >= 0.3 is 0 Å². The van der Waals surface area contributed by atoms with Crippen molar-refractivity contribution in [3.05, 3.63) is 35.9 Å². The molecule has 1 aliphatic rings. The largest absolute Gasteiger partial charge is 0.299 e. The third-order valence-electron chi connectivity index (χ3n) is 4.39. The second-order valence-electron chi connectivity index (χ2n) is 5.95. The molecule has 0 aromatic heterocycles. The minimum Gasteiger partial charge on any atom is -0.299 e. The lowest BCUT2D eigenvalue weighted by atomic mass is 9.87. The molecular weight excluding hydrogens is 218 g/mol. The van der Waals surface area contributed by atoms with E-state index in [9.17, 15) is 0 Å². The average Bonchev–Trinajstić information content (AvgIpc) is 2.42. The molecule has 1 aromatic carbocycles. The van der Waals surface area contributed by atoms with Crippen molar-refractivity contribution in [1.82, 2.24) is 4.90 Å². The Bertz CT molecular complexity index is 325. The summed E-state index contributed by atoms with van der Waals surface area (Å²) in [7, 11) is 0. The molecular formula is C17H27N. The maximum absolute atomic E-state index is 2.61. The fourth-order valence-electron chi connectivity index (χ4n) is 2.96. The topological polar surface area (TPSA) is 3.24 Å². The third kappa shape index (κ3) is 4.13. The molecule has 1 heteroatoms. The zero-order valence-electron chi connectivity index (χ0n) is 11.9. The lowest BCUT2D eigenvalue weighted by Crippen LogP contribution is -2.33. The predicted octanol–water partition coefficient (Wildman–Crippen LogP) is 4.33. The van der Waals surface area contributed by atoms with Crippen LogP contribution in [0.15, 0.2) is 30.3 Å². The van der Waals surface area contributed by atoms with Crippen LogP contribution in [0.1, 0.15) is 45.1 Å². The first kappa shape index (κ1) is 13.6. The second kappa shape index (κ2) is 6.94. The van der Waals surface area contributed by atoms with Gasteiger partial charge in [0.25, 0.3) is 0 Å². The molecule has 1 aliphatic heterocycles. The van der Waals surface area contributed by atoms with E-state index in [0.29, 0.717) is 0 Å². The maximum Gasteiger partial charge on any atom is 0.0233 e. The van der Waals surface area contributed by atoms with Crippen LogP contribution in [-0.4, -0.2) is 18.0 Å². The molecule has 18 heavy (non-hydrogen) atoms. The third-order valence-corrected chi connectivity index (χ3v) is 4.39. The van der Waals surface area contributed by atoms with Gasteiger partial charge in [-0.25, -0.2) is 0 Å². The van der Waals surface area contributed by atoms with Gasteiger partial charge in [0.05, 0.1) is 0 Å². The highest BCUT2D eigenvalue weighted by Gasteiger charge is 2.20. The Morgan fingerprint density at radius 2 is 1.83 bits per heavy atom. The minimum atomic E-state index is 0.913. The number of piperidine rings is 1. The summed E-state index contributed by atoms with van der Waals surface area (Å²) < 4.78 is 0. The summed E-state index contributed by atoms with van der Waals surface area (Å²) in [6.07, 6.45) is 5.58. The van der Waals surface area contributed by atoms with E-state index < -0.39 is 0 Å². The number of likely N-dealkylation sites (tertiary alicyclic amines) is 1. The van der Waals surface area contributed by atoms with E-state index in [2.05, 4.69) is 49.1 Å². The molecule has 0 aliphatic carbocycles. The second-order valence-corrected chi connectivity index (χ2v) is 5.95. The fraction of sp³-hybridized carbons (Fsp3) is 0.647. The van der Waals surface area contributed by atoms with E-state index in [1.54, 1.807) is 0 Å². The molecule has 0 saturated carbocycles. The molecule has 1 fully saturated rings. The molecule has 1 saturated heterocycles. The number of nitrogens with zero attached hydrogens (tertiary/aromatic N) is 1. The molecule has 1 heterocycles. The summed E-state index contributed by atoms with van der Waals surface area (Å²) in [5.41, 5.74) is 1.46. The summed E-state index contributed by atoms with van der Waals surface area (Å²) in [6, 6.07) is 10.9. The molecule has 0 N–H and O–H groups in total. The van der Waals surface area contributed by atoms with Crippen LogP contribution < -0.4 is 0 Å². The first-order chi connectivity index (χ1) is 8.78. The van der Waals surface area contributed by atoms with Gasteiger partial charge in [-0.15, -0.1) is 0 Å². The summed E-state index contributed by atoms with van der Waals surface area (Å²) >= 11 is 0. The first-order valence-corrected chi connectivity index (χ1v) is 7.54. The molecule has 1 aromatic rings. The SMILES string of the molecule is CCC(C)CC1CCN(Cc2ccccc2)CC1. The molecule has 0 amide bonds. The molecule has 1 atom stereocenters. The molecule has 1 unspecified atom stereocenters. The highest BCUT2D eigenvalue weighted by atomic mass is 15.1. The highest BCUT2D eigenvalue weighted by molar-refractivity contribution is 5.14. The predicted molar refractivity (Wildman–Crippen MR) is 78.5 cm³/mol. The van der Waals surface area contributed by atoms with Gasteiger partial charge in [0, 0.05) is 6.54 Å². The molecule has 1 nitrogen and oxygen atoms in total. The van der Waals surface area contributed by atoms with Crippen LogP contribution in [0.3, 0.4) is 0 Å². The van der Waals surface area contributed by atoms with Crippen molar-refractivity contribution in [3.63, 3.8) is 0 Å². The van der Waals surface area contributed by atoms with Crippen LogP contribution in [-0.2, 0) is 6.54 Å². The van der Waals surface area contributed by atoms with Crippen molar-refractivity contribution in [3.8, 4) is 0 Å². The Labute approximate surface area is 112 Å². The lowest BCUT2D eigenvalue weighted by Gasteiger charge is -2.33. The van der Waals surface area contributed by atoms with Crippen molar-refractivity contribution in [1.29, 1.82) is 0 Å². The van der Waals surface area contributed by atoms with Gasteiger partial charge in [-0.1, -0.05) is 50.6 Å². The Morgan fingerprint density at radius 1 is 1.17 bits per heavy atom. The van der Waals surface area contributed by atoms with E-state index in [1.165, 1.54) is 44.3 Å². The van der Waals surface area contributed by atoms with Crippen LogP contribution in [0.25, 0.3) is 0 Å². The Morgan fingerprint density at radius 3 is 2.44 bits per heavy atom. The maximum atomic E-state index is 2.61. The van der Waals surface area contributed by atoms with Crippen molar-refractivity contribution in [2.24, 2.45) is 11.8 Å². The summed E-state index contributed by atoms with van der Waals surface area (Å²) in [5.74, 6) is 1.89. The zero-order chi connectivity index (χ0) is 12.8. The lowest BCUT2D eigenvalue weighted by molar-refractivity contribution is 0.162. The quantitative estimate of drug-likeness (QED) is 0.746. The van der Waals surface area contributed by atoms with Gasteiger partial charge in [0.15, 0.2) is 0 Å². The van der Waals surface area contributed by atoms with Crippen molar-refractivity contribution >= 4 is 0 Å². The fourth-order valence-corrected chi connectivity index (χ4v) is 2.96. The summed E-state index contributed by atoms with van der Waals surface area (Å²) in [5, 5.41) is 0. The minimum absolute atomic E-state index is 0.913. The van der Waals surface area contributed by atoms with E-state index in [1.807, 2.05) is 0 Å². The van der Waals surface area contributed by atoms with Crippen LogP contribution >= 0.6 is 0 Å². The van der Waals surface area contributed by atoms with Gasteiger partial charge in [-0.05, 0) is 49.8 Å².